The van der Waals surface area contributed by atoms with Crippen molar-refractivity contribution in [2.45, 2.75) is 45.8 Å². The second kappa shape index (κ2) is 9.66. The van der Waals surface area contributed by atoms with Crippen LogP contribution in [-0.4, -0.2) is 31.4 Å². The number of aryl methyl sites for hydroxylation is 1. The summed E-state index contributed by atoms with van der Waals surface area (Å²) in [4.78, 5) is 25.2. The summed E-state index contributed by atoms with van der Waals surface area (Å²) in [5.41, 5.74) is -1.76. The highest BCUT2D eigenvalue weighted by atomic mass is 19.3. The first kappa shape index (κ1) is 23.0. The molecule has 3 rings (SSSR count). The minimum atomic E-state index is -3.11. The van der Waals surface area contributed by atoms with E-state index in [9.17, 15) is 27.2 Å². The minimum absolute atomic E-state index is 0.0282. The van der Waals surface area contributed by atoms with Crippen molar-refractivity contribution in [3.05, 3.63) is 53.5 Å². The first-order valence-electron chi connectivity index (χ1n) is 9.55. The number of hydrogen-bond acceptors (Lipinski definition) is 5. The predicted octanol–water partition coefficient (Wildman–Crippen LogP) is 3.70. The molecular formula is C19H20F4N6O3. The van der Waals surface area contributed by atoms with Crippen LogP contribution >= 0.6 is 0 Å². The van der Waals surface area contributed by atoms with Crippen LogP contribution in [0.5, 0.6) is 0 Å². The number of amides is 2. The average Bonchev–Trinajstić information content (AvgIpc) is 3.50. The third-order valence-electron chi connectivity index (χ3n) is 4.54. The highest BCUT2D eigenvalue weighted by Crippen LogP contribution is 2.28. The van der Waals surface area contributed by atoms with Gasteiger partial charge < -0.3 is 15.1 Å². The van der Waals surface area contributed by atoms with Gasteiger partial charge in [-0.05, 0) is 32.0 Å². The first-order chi connectivity index (χ1) is 15.2. The number of carbonyl (C=O) groups is 2. The maximum Gasteiger partial charge on any atom is 0.282 e. The fourth-order valence-electron chi connectivity index (χ4n) is 2.86. The van der Waals surface area contributed by atoms with E-state index in [-0.39, 0.29) is 17.9 Å². The first-order valence-corrected chi connectivity index (χ1v) is 9.55. The van der Waals surface area contributed by atoms with Crippen molar-refractivity contribution in [1.29, 1.82) is 0 Å². The maximum absolute atomic E-state index is 13.3. The molecule has 0 fully saturated rings. The maximum atomic E-state index is 13.3. The Balaban J connectivity index is 1.80. The van der Waals surface area contributed by atoms with Crippen molar-refractivity contribution in [3.63, 3.8) is 0 Å². The third-order valence-corrected chi connectivity index (χ3v) is 4.54. The number of halogens is 4. The van der Waals surface area contributed by atoms with E-state index < -0.39 is 42.1 Å². The highest BCUT2D eigenvalue weighted by Gasteiger charge is 2.28. The van der Waals surface area contributed by atoms with Crippen molar-refractivity contribution >= 4 is 17.5 Å². The van der Waals surface area contributed by atoms with E-state index >= 15 is 0 Å². The molecule has 0 aliphatic heterocycles. The normalized spacial score (nSPS) is 12.4. The lowest BCUT2D eigenvalue weighted by molar-refractivity contribution is -0.119. The van der Waals surface area contributed by atoms with Crippen molar-refractivity contribution in [1.82, 2.24) is 24.9 Å². The molecule has 13 heteroatoms. The molecule has 0 aliphatic rings. The van der Waals surface area contributed by atoms with Crippen molar-refractivity contribution in [2.24, 2.45) is 0 Å². The second-order valence-electron chi connectivity index (χ2n) is 6.71. The molecule has 32 heavy (non-hydrogen) atoms. The van der Waals surface area contributed by atoms with Gasteiger partial charge in [0.05, 0.1) is 18.5 Å². The molecule has 3 aromatic heterocycles. The van der Waals surface area contributed by atoms with Crippen LogP contribution in [0.3, 0.4) is 0 Å². The van der Waals surface area contributed by atoms with E-state index in [4.69, 9.17) is 4.42 Å². The monoisotopic (exact) mass is 456 g/mol. The van der Waals surface area contributed by atoms with Crippen LogP contribution in [-0.2, 0) is 17.9 Å². The van der Waals surface area contributed by atoms with E-state index in [2.05, 4.69) is 20.8 Å². The summed E-state index contributed by atoms with van der Waals surface area (Å²) in [6, 6.07) is 2.51. The minimum Gasteiger partial charge on any atom is -0.467 e. The van der Waals surface area contributed by atoms with E-state index in [1.54, 1.807) is 19.1 Å². The van der Waals surface area contributed by atoms with Gasteiger partial charge in [-0.25, -0.2) is 17.6 Å². The zero-order valence-corrected chi connectivity index (χ0v) is 17.1. The summed E-state index contributed by atoms with van der Waals surface area (Å²) in [6.07, 6.45) is -3.34. The van der Waals surface area contributed by atoms with Crippen LogP contribution in [0.4, 0.5) is 23.2 Å². The molecule has 2 amide bonds. The Morgan fingerprint density at radius 1 is 1.19 bits per heavy atom. The van der Waals surface area contributed by atoms with E-state index in [0.717, 1.165) is 0 Å². The number of hydrogen-bond donors (Lipinski definition) is 2. The molecule has 0 spiro atoms. The Kier molecular flexibility index (Phi) is 6.95. The fraction of sp³-hybridized carbons (Fsp3) is 0.368. The molecule has 0 radical (unpaired) electrons. The van der Waals surface area contributed by atoms with Crippen molar-refractivity contribution in [2.75, 3.05) is 5.32 Å². The number of anilines is 1. The lowest BCUT2D eigenvalue weighted by Gasteiger charge is -2.15. The number of furan rings is 1. The zero-order chi connectivity index (χ0) is 23.4. The van der Waals surface area contributed by atoms with Gasteiger partial charge >= 0.3 is 0 Å². The number of carbonyl (C=O) groups excluding carboxylic acids is 2. The number of alkyl halides is 4. The standard InChI is InChI=1S/C19H20F4N6O3/c1-3-28-9-13(15(27-28)19(31)24-8-11-5-4-6-32-11)25-18(30)10(2)29-14(17(22)23)7-12(26-29)16(20)21/h4-7,9-10,16-17H,3,8H2,1-2H3,(H,24,31)(H,25,30). The van der Waals surface area contributed by atoms with Gasteiger partial charge in [0.15, 0.2) is 5.69 Å². The molecule has 0 aliphatic carbocycles. The van der Waals surface area contributed by atoms with Crippen LogP contribution in [0.25, 0.3) is 0 Å². The van der Waals surface area contributed by atoms with E-state index in [0.29, 0.717) is 23.1 Å². The molecule has 1 atom stereocenters. The van der Waals surface area contributed by atoms with Gasteiger partial charge in [-0.2, -0.15) is 10.2 Å². The quantitative estimate of drug-likeness (QED) is 0.478. The van der Waals surface area contributed by atoms with Crippen LogP contribution in [0.2, 0.25) is 0 Å². The van der Waals surface area contributed by atoms with Crippen LogP contribution in [0.1, 0.15) is 60.4 Å². The molecule has 0 saturated carbocycles. The number of aromatic nitrogens is 4. The lowest BCUT2D eigenvalue weighted by Crippen LogP contribution is -2.28. The van der Waals surface area contributed by atoms with Gasteiger partial charge in [-0.15, -0.1) is 0 Å². The van der Waals surface area contributed by atoms with Gasteiger partial charge in [0, 0.05) is 12.7 Å². The molecule has 0 bridgehead atoms. The molecule has 0 aromatic carbocycles. The van der Waals surface area contributed by atoms with Gasteiger partial charge in [0.25, 0.3) is 18.8 Å². The molecular weight excluding hydrogens is 436 g/mol. The Bertz CT molecular complexity index is 1080. The zero-order valence-electron chi connectivity index (χ0n) is 17.1. The number of nitrogens with one attached hydrogen (secondary N) is 2. The number of rotatable bonds is 9. The van der Waals surface area contributed by atoms with Gasteiger partial charge in [-0.1, -0.05) is 0 Å². The molecule has 3 heterocycles. The molecule has 172 valence electrons. The summed E-state index contributed by atoms with van der Waals surface area (Å²) in [6.45, 7) is 3.45. The van der Waals surface area contributed by atoms with E-state index in [1.807, 2.05) is 0 Å². The predicted molar refractivity (Wildman–Crippen MR) is 103 cm³/mol. The third kappa shape index (κ3) is 4.98. The Morgan fingerprint density at radius 3 is 2.53 bits per heavy atom. The Labute approximate surface area is 179 Å². The Hall–Kier alpha value is -3.64. The lowest BCUT2D eigenvalue weighted by atomic mass is 10.2. The van der Waals surface area contributed by atoms with Gasteiger partial charge in [-0.3, -0.25) is 19.0 Å². The van der Waals surface area contributed by atoms with Crippen LogP contribution < -0.4 is 10.6 Å². The summed E-state index contributed by atoms with van der Waals surface area (Å²) in [5, 5.41) is 12.6. The fourth-order valence-corrected chi connectivity index (χ4v) is 2.86. The topological polar surface area (TPSA) is 107 Å². The second-order valence-corrected chi connectivity index (χ2v) is 6.71. The molecule has 3 aromatic rings. The highest BCUT2D eigenvalue weighted by molar-refractivity contribution is 6.03. The number of nitrogens with zero attached hydrogens (tertiary/aromatic N) is 4. The summed E-state index contributed by atoms with van der Waals surface area (Å²) < 4.78 is 59.4. The van der Waals surface area contributed by atoms with Gasteiger partial charge in [0.1, 0.15) is 23.2 Å². The average molecular weight is 456 g/mol. The summed E-state index contributed by atoms with van der Waals surface area (Å²) >= 11 is 0. The van der Waals surface area contributed by atoms with Crippen molar-refractivity contribution < 1.29 is 31.6 Å². The van der Waals surface area contributed by atoms with Crippen LogP contribution in [0, 0.1) is 0 Å². The largest absolute Gasteiger partial charge is 0.467 e. The SMILES string of the molecule is CCn1cc(NC(=O)C(C)n2nc(C(F)F)cc2C(F)F)c(C(=O)NCc2ccco2)n1. The molecule has 2 N–H and O–H groups in total. The van der Waals surface area contributed by atoms with E-state index in [1.165, 1.54) is 24.1 Å². The van der Waals surface area contributed by atoms with Crippen molar-refractivity contribution in [3.8, 4) is 0 Å². The van der Waals surface area contributed by atoms with Gasteiger partial charge in [0.2, 0.25) is 5.91 Å². The summed E-state index contributed by atoms with van der Waals surface area (Å²) in [5.74, 6) is -0.948. The smallest absolute Gasteiger partial charge is 0.282 e. The Morgan fingerprint density at radius 2 is 1.94 bits per heavy atom. The molecule has 0 saturated heterocycles. The summed E-state index contributed by atoms with van der Waals surface area (Å²) in [7, 11) is 0. The van der Waals surface area contributed by atoms with Crippen LogP contribution in [0.15, 0.2) is 35.1 Å². The molecule has 1 unspecified atom stereocenters. The molecule has 9 nitrogen and oxygen atoms in total.